The molecule has 0 aliphatic carbocycles. The highest BCUT2D eigenvalue weighted by Gasteiger charge is 2.01. The van der Waals surface area contributed by atoms with Crippen molar-refractivity contribution in [2.75, 3.05) is 0 Å². The van der Waals surface area contributed by atoms with Crippen molar-refractivity contribution in [2.24, 2.45) is 0 Å². The molecule has 0 radical (unpaired) electrons. The molecule has 1 atom stereocenters. The van der Waals surface area contributed by atoms with E-state index in [0.717, 1.165) is 11.8 Å². The molecular formula is C10H12O. The van der Waals surface area contributed by atoms with Crippen molar-refractivity contribution in [2.45, 2.75) is 19.8 Å². The molecule has 11 heavy (non-hydrogen) atoms. The third-order valence-corrected chi connectivity index (χ3v) is 1.77. The molecule has 0 saturated carbocycles. The fourth-order valence-corrected chi connectivity index (χ4v) is 1.03. The number of carbonyl (C=O) groups excluding carboxylic acids is 1. The SMILES string of the molecule is Cc1cccc(C(C)C=O)c1. The summed E-state index contributed by atoms with van der Waals surface area (Å²) in [7, 11) is 0. The quantitative estimate of drug-likeness (QED) is 0.588. The van der Waals surface area contributed by atoms with E-state index < -0.39 is 0 Å². The molecule has 0 bridgehead atoms. The molecule has 0 aliphatic heterocycles. The van der Waals surface area contributed by atoms with Crippen LogP contribution in [0.5, 0.6) is 0 Å². The van der Waals surface area contributed by atoms with Gasteiger partial charge in [-0.2, -0.15) is 0 Å². The second kappa shape index (κ2) is 3.33. The molecule has 1 aromatic carbocycles. The summed E-state index contributed by atoms with van der Waals surface area (Å²) in [4.78, 5) is 10.4. The van der Waals surface area contributed by atoms with Crippen LogP contribution in [0.3, 0.4) is 0 Å². The summed E-state index contributed by atoms with van der Waals surface area (Å²) < 4.78 is 0. The van der Waals surface area contributed by atoms with E-state index in [1.54, 1.807) is 0 Å². The average molecular weight is 148 g/mol. The van der Waals surface area contributed by atoms with E-state index in [-0.39, 0.29) is 5.92 Å². The smallest absolute Gasteiger partial charge is 0.127 e. The van der Waals surface area contributed by atoms with Crippen LogP contribution >= 0.6 is 0 Å². The first-order chi connectivity index (χ1) is 5.24. The van der Waals surface area contributed by atoms with Gasteiger partial charge in [-0.3, -0.25) is 0 Å². The molecule has 58 valence electrons. The van der Waals surface area contributed by atoms with Crippen molar-refractivity contribution < 1.29 is 4.79 Å². The molecule has 0 N–H and O–H groups in total. The molecule has 1 nitrogen and oxygen atoms in total. The molecule has 0 fully saturated rings. The Morgan fingerprint density at radius 1 is 1.45 bits per heavy atom. The Labute approximate surface area is 67.1 Å². The van der Waals surface area contributed by atoms with Crippen LogP contribution in [0.15, 0.2) is 24.3 Å². The van der Waals surface area contributed by atoms with Crippen molar-refractivity contribution in [1.29, 1.82) is 0 Å². The van der Waals surface area contributed by atoms with Crippen LogP contribution < -0.4 is 0 Å². The van der Waals surface area contributed by atoms with Crippen LogP contribution in [0.25, 0.3) is 0 Å². The van der Waals surface area contributed by atoms with Crippen LogP contribution in [-0.4, -0.2) is 6.29 Å². The van der Waals surface area contributed by atoms with Gasteiger partial charge in [-0.25, -0.2) is 0 Å². The molecule has 0 aliphatic rings. The lowest BCUT2D eigenvalue weighted by atomic mass is 10.0. The summed E-state index contributed by atoms with van der Waals surface area (Å²) in [5.41, 5.74) is 2.30. The second-order valence-corrected chi connectivity index (χ2v) is 2.84. The lowest BCUT2D eigenvalue weighted by Crippen LogP contribution is -1.93. The molecule has 1 heteroatoms. The van der Waals surface area contributed by atoms with Crippen molar-refractivity contribution in [3.63, 3.8) is 0 Å². The van der Waals surface area contributed by atoms with Gasteiger partial charge in [-0.1, -0.05) is 36.8 Å². The van der Waals surface area contributed by atoms with Crippen molar-refractivity contribution in [3.05, 3.63) is 35.4 Å². The van der Waals surface area contributed by atoms with Gasteiger partial charge in [-0.05, 0) is 12.5 Å². The fraction of sp³-hybridized carbons (Fsp3) is 0.300. The number of benzene rings is 1. The minimum absolute atomic E-state index is 0.0231. The van der Waals surface area contributed by atoms with Crippen molar-refractivity contribution in [3.8, 4) is 0 Å². The van der Waals surface area contributed by atoms with Gasteiger partial charge in [0, 0.05) is 5.92 Å². The standard InChI is InChI=1S/C10H12O/c1-8-4-3-5-10(6-8)9(2)7-11/h3-7,9H,1-2H3. The van der Waals surface area contributed by atoms with Crippen molar-refractivity contribution >= 4 is 6.29 Å². The average Bonchev–Trinajstić information content (AvgIpc) is 2.03. The van der Waals surface area contributed by atoms with E-state index in [1.165, 1.54) is 5.56 Å². The van der Waals surface area contributed by atoms with Gasteiger partial charge in [0.05, 0.1) is 0 Å². The first-order valence-electron chi connectivity index (χ1n) is 3.76. The minimum atomic E-state index is 0.0231. The van der Waals surface area contributed by atoms with Crippen LogP contribution in [-0.2, 0) is 4.79 Å². The Morgan fingerprint density at radius 3 is 2.73 bits per heavy atom. The fourth-order valence-electron chi connectivity index (χ4n) is 1.03. The maximum Gasteiger partial charge on any atom is 0.127 e. The van der Waals surface area contributed by atoms with Crippen LogP contribution in [0.4, 0.5) is 0 Å². The van der Waals surface area contributed by atoms with Crippen molar-refractivity contribution in [1.82, 2.24) is 0 Å². The first kappa shape index (κ1) is 7.99. The lowest BCUT2D eigenvalue weighted by molar-refractivity contribution is -0.108. The summed E-state index contributed by atoms with van der Waals surface area (Å²) in [6.45, 7) is 3.93. The monoisotopic (exact) mass is 148 g/mol. The van der Waals surface area contributed by atoms with Crippen LogP contribution in [0, 0.1) is 6.92 Å². The predicted molar refractivity (Wildman–Crippen MR) is 45.7 cm³/mol. The Hall–Kier alpha value is -1.11. The van der Waals surface area contributed by atoms with Gasteiger partial charge in [-0.15, -0.1) is 0 Å². The van der Waals surface area contributed by atoms with E-state index in [0.29, 0.717) is 0 Å². The summed E-state index contributed by atoms with van der Waals surface area (Å²) in [5.74, 6) is 0.0231. The summed E-state index contributed by atoms with van der Waals surface area (Å²) in [6, 6.07) is 8.02. The highest BCUT2D eigenvalue weighted by Crippen LogP contribution is 2.13. The zero-order valence-corrected chi connectivity index (χ0v) is 6.87. The number of hydrogen-bond donors (Lipinski definition) is 0. The van der Waals surface area contributed by atoms with Gasteiger partial charge in [0.25, 0.3) is 0 Å². The third kappa shape index (κ3) is 1.90. The lowest BCUT2D eigenvalue weighted by Gasteiger charge is -2.03. The largest absolute Gasteiger partial charge is 0.303 e. The maximum absolute atomic E-state index is 10.4. The maximum atomic E-state index is 10.4. The predicted octanol–water partition coefficient (Wildman–Crippen LogP) is 2.30. The van der Waals surface area contributed by atoms with Gasteiger partial charge >= 0.3 is 0 Å². The highest BCUT2D eigenvalue weighted by atomic mass is 16.1. The molecule has 1 unspecified atom stereocenters. The number of aldehydes is 1. The summed E-state index contributed by atoms with van der Waals surface area (Å²) in [5, 5.41) is 0. The summed E-state index contributed by atoms with van der Waals surface area (Å²) >= 11 is 0. The van der Waals surface area contributed by atoms with E-state index >= 15 is 0 Å². The minimum Gasteiger partial charge on any atom is -0.303 e. The topological polar surface area (TPSA) is 17.1 Å². The Bertz CT molecular complexity index is 253. The van der Waals surface area contributed by atoms with E-state index in [4.69, 9.17) is 0 Å². The van der Waals surface area contributed by atoms with Gasteiger partial charge in [0.1, 0.15) is 6.29 Å². The molecule has 0 spiro atoms. The van der Waals surface area contributed by atoms with Gasteiger partial charge < -0.3 is 4.79 Å². The zero-order valence-electron chi connectivity index (χ0n) is 6.87. The molecule has 1 rings (SSSR count). The Kier molecular flexibility index (Phi) is 2.42. The number of carbonyl (C=O) groups is 1. The molecule has 0 aromatic heterocycles. The second-order valence-electron chi connectivity index (χ2n) is 2.84. The Morgan fingerprint density at radius 2 is 2.18 bits per heavy atom. The van der Waals surface area contributed by atoms with E-state index in [1.807, 2.05) is 38.1 Å². The van der Waals surface area contributed by atoms with Gasteiger partial charge in [0.15, 0.2) is 0 Å². The normalized spacial score (nSPS) is 12.5. The molecule has 0 saturated heterocycles. The van der Waals surface area contributed by atoms with E-state index in [2.05, 4.69) is 0 Å². The summed E-state index contributed by atoms with van der Waals surface area (Å²) in [6.07, 6.45) is 0.967. The van der Waals surface area contributed by atoms with Gasteiger partial charge in [0.2, 0.25) is 0 Å². The zero-order chi connectivity index (χ0) is 8.27. The first-order valence-corrected chi connectivity index (χ1v) is 3.76. The molecule has 0 amide bonds. The molecular weight excluding hydrogens is 136 g/mol. The number of rotatable bonds is 2. The highest BCUT2D eigenvalue weighted by molar-refractivity contribution is 5.61. The molecule has 1 aromatic rings. The Balaban J connectivity index is 2.95. The van der Waals surface area contributed by atoms with Crippen LogP contribution in [0.1, 0.15) is 24.0 Å². The molecule has 0 heterocycles. The number of hydrogen-bond acceptors (Lipinski definition) is 1. The van der Waals surface area contributed by atoms with E-state index in [9.17, 15) is 4.79 Å². The number of aryl methyl sites for hydroxylation is 1. The van der Waals surface area contributed by atoms with Crippen LogP contribution in [0.2, 0.25) is 0 Å². The third-order valence-electron chi connectivity index (χ3n) is 1.77.